The minimum Gasteiger partial charge on any atom is -0.508 e. The SMILES string of the molecule is Cc1ccsc1C1C2=C(CCCC2=O)Nc2nc(-c3ccc(O)cc3)nn21. The maximum Gasteiger partial charge on any atom is 0.226 e. The molecule has 1 aromatic carbocycles. The van der Waals surface area contributed by atoms with Crippen LogP contribution in [0.1, 0.15) is 35.7 Å². The van der Waals surface area contributed by atoms with Crippen molar-refractivity contribution in [2.24, 2.45) is 0 Å². The lowest BCUT2D eigenvalue weighted by Gasteiger charge is -2.31. The summed E-state index contributed by atoms with van der Waals surface area (Å²) in [4.78, 5) is 18.6. The minimum absolute atomic E-state index is 0.189. The summed E-state index contributed by atoms with van der Waals surface area (Å²) in [6, 6.07) is 8.67. The molecule has 6 nitrogen and oxygen atoms in total. The number of hydrogen-bond donors (Lipinski definition) is 2. The average molecular weight is 378 g/mol. The number of ketones is 1. The lowest BCUT2D eigenvalue weighted by Crippen LogP contribution is -2.31. The Morgan fingerprint density at radius 3 is 2.78 bits per heavy atom. The monoisotopic (exact) mass is 378 g/mol. The first kappa shape index (κ1) is 16.3. The number of aromatic hydroxyl groups is 1. The number of anilines is 1. The second-order valence-corrected chi connectivity index (χ2v) is 7.86. The quantitative estimate of drug-likeness (QED) is 0.703. The largest absolute Gasteiger partial charge is 0.508 e. The molecule has 2 aliphatic rings. The number of hydrogen-bond acceptors (Lipinski definition) is 6. The van der Waals surface area contributed by atoms with Crippen molar-refractivity contribution in [3.8, 4) is 17.1 Å². The number of aryl methyl sites for hydroxylation is 1. The molecular formula is C20H18N4O2S. The van der Waals surface area contributed by atoms with Crippen LogP contribution in [0.2, 0.25) is 0 Å². The Morgan fingerprint density at radius 2 is 2.04 bits per heavy atom. The molecule has 136 valence electrons. The van der Waals surface area contributed by atoms with Gasteiger partial charge in [-0.25, -0.2) is 4.68 Å². The number of nitrogens with one attached hydrogen (secondary N) is 1. The van der Waals surface area contributed by atoms with Gasteiger partial charge in [0.1, 0.15) is 11.8 Å². The number of Topliss-reactive ketones (excluding diaryl/α,β-unsaturated/α-hetero) is 1. The summed E-state index contributed by atoms with van der Waals surface area (Å²) in [5.41, 5.74) is 3.77. The van der Waals surface area contributed by atoms with Gasteiger partial charge in [-0.1, -0.05) is 0 Å². The molecule has 7 heteroatoms. The maximum absolute atomic E-state index is 12.8. The van der Waals surface area contributed by atoms with Crippen LogP contribution in [-0.2, 0) is 4.79 Å². The highest BCUT2D eigenvalue weighted by atomic mass is 32.1. The van der Waals surface area contributed by atoms with Crippen molar-refractivity contribution in [1.82, 2.24) is 14.8 Å². The maximum atomic E-state index is 12.8. The van der Waals surface area contributed by atoms with E-state index in [4.69, 9.17) is 5.10 Å². The van der Waals surface area contributed by atoms with Crippen molar-refractivity contribution in [2.75, 3.05) is 5.32 Å². The summed E-state index contributed by atoms with van der Waals surface area (Å²) in [5, 5.41) is 19.7. The molecule has 0 fully saturated rings. The number of phenols is 1. The number of nitrogens with zero attached hydrogens (tertiary/aromatic N) is 3. The molecule has 0 amide bonds. The van der Waals surface area contributed by atoms with E-state index >= 15 is 0 Å². The second kappa shape index (κ2) is 6.06. The first-order valence-corrected chi connectivity index (χ1v) is 9.83. The van der Waals surface area contributed by atoms with Crippen LogP contribution in [0.3, 0.4) is 0 Å². The number of fused-ring (bicyclic) bond motifs is 1. The van der Waals surface area contributed by atoms with Gasteiger partial charge in [0, 0.05) is 28.1 Å². The van der Waals surface area contributed by atoms with Gasteiger partial charge in [-0.2, -0.15) is 4.98 Å². The number of benzene rings is 1. The Bertz CT molecular complexity index is 1080. The van der Waals surface area contributed by atoms with Crippen LogP contribution in [0, 0.1) is 6.92 Å². The second-order valence-electron chi connectivity index (χ2n) is 6.91. The van der Waals surface area contributed by atoms with Crippen molar-refractivity contribution < 1.29 is 9.90 Å². The molecule has 3 heterocycles. The summed E-state index contributed by atoms with van der Waals surface area (Å²) in [5.74, 6) is 1.62. The molecule has 5 rings (SSSR count). The van der Waals surface area contributed by atoms with E-state index < -0.39 is 0 Å². The third-order valence-electron chi connectivity index (χ3n) is 5.14. The molecule has 0 saturated carbocycles. The van der Waals surface area contributed by atoms with E-state index in [1.54, 1.807) is 35.6 Å². The minimum atomic E-state index is -0.234. The normalized spacial score (nSPS) is 18.9. The smallest absolute Gasteiger partial charge is 0.226 e. The van der Waals surface area contributed by atoms with Crippen LogP contribution in [0.25, 0.3) is 11.4 Å². The number of aromatic nitrogens is 3. The number of allylic oxidation sites excluding steroid dienone is 2. The van der Waals surface area contributed by atoms with E-state index in [2.05, 4.69) is 28.7 Å². The zero-order valence-electron chi connectivity index (χ0n) is 14.8. The predicted octanol–water partition coefficient (Wildman–Crippen LogP) is 4.04. The third-order valence-corrected chi connectivity index (χ3v) is 6.22. The van der Waals surface area contributed by atoms with Gasteiger partial charge in [0.05, 0.1) is 0 Å². The highest BCUT2D eigenvalue weighted by Gasteiger charge is 2.38. The molecule has 1 unspecified atom stereocenters. The van der Waals surface area contributed by atoms with Crippen molar-refractivity contribution in [1.29, 1.82) is 0 Å². The number of phenolic OH excluding ortho intramolecular Hbond substituents is 1. The molecule has 27 heavy (non-hydrogen) atoms. The highest BCUT2D eigenvalue weighted by Crippen LogP contribution is 2.43. The lowest BCUT2D eigenvalue weighted by atomic mass is 9.87. The van der Waals surface area contributed by atoms with E-state index in [-0.39, 0.29) is 17.6 Å². The van der Waals surface area contributed by atoms with Crippen molar-refractivity contribution >= 4 is 23.1 Å². The lowest BCUT2D eigenvalue weighted by molar-refractivity contribution is -0.116. The Morgan fingerprint density at radius 1 is 1.22 bits per heavy atom. The third kappa shape index (κ3) is 2.57. The van der Waals surface area contributed by atoms with Gasteiger partial charge in [0.25, 0.3) is 0 Å². The van der Waals surface area contributed by atoms with Crippen LogP contribution >= 0.6 is 11.3 Å². The molecule has 0 spiro atoms. The molecule has 0 bridgehead atoms. The van der Waals surface area contributed by atoms with E-state index in [1.165, 1.54) is 0 Å². The molecule has 2 aromatic heterocycles. The average Bonchev–Trinajstić information content (AvgIpc) is 3.27. The molecule has 1 aliphatic heterocycles. The van der Waals surface area contributed by atoms with Crippen LogP contribution in [0.15, 0.2) is 47.0 Å². The molecule has 2 N–H and O–H groups in total. The van der Waals surface area contributed by atoms with Gasteiger partial charge < -0.3 is 10.4 Å². The van der Waals surface area contributed by atoms with Crippen molar-refractivity contribution in [3.63, 3.8) is 0 Å². The van der Waals surface area contributed by atoms with Gasteiger partial charge in [0.2, 0.25) is 5.95 Å². The van der Waals surface area contributed by atoms with Crippen LogP contribution in [0.4, 0.5) is 5.95 Å². The van der Waals surface area contributed by atoms with E-state index in [1.807, 2.05) is 4.68 Å². The fraction of sp³-hybridized carbons (Fsp3) is 0.250. The number of thiophene rings is 1. The number of carbonyl (C=O) groups excluding carboxylic acids is 1. The number of carbonyl (C=O) groups is 1. The Kier molecular flexibility index (Phi) is 3.65. The summed E-state index contributed by atoms with van der Waals surface area (Å²) in [7, 11) is 0. The highest BCUT2D eigenvalue weighted by molar-refractivity contribution is 7.10. The number of rotatable bonds is 2. The first-order valence-electron chi connectivity index (χ1n) is 8.95. The zero-order chi connectivity index (χ0) is 18.5. The summed E-state index contributed by atoms with van der Waals surface area (Å²) >= 11 is 1.65. The standard InChI is InChI=1S/C20H18N4O2S/c1-11-9-10-27-18(11)17-16-14(3-2-4-15(16)26)21-20-22-19(23-24(17)20)12-5-7-13(25)8-6-12/h5-10,17,25H,2-4H2,1H3,(H,21,22,23). The summed E-state index contributed by atoms with van der Waals surface area (Å²) in [6.45, 7) is 2.07. The van der Waals surface area contributed by atoms with Gasteiger partial charge in [-0.15, -0.1) is 16.4 Å². The van der Waals surface area contributed by atoms with Gasteiger partial charge in [-0.3, -0.25) is 4.79 Å². The fourth-order valence-electron chi connectivity index (χ4n) is 3.80. The first-order chi connectivity index (χ1) is 13.1. The Labute approximate surface area is 160 Å². The van der Waals surface area contributed by atoms with Crippen molar-refractivity contribution in [3.05, 3.63) is 57.4 Å². The topological polar surface area (TPSA) is 80.0 Å². The Balaban J connectivity index is 1.68. The molecule has 0 radical (unpaired) electrons. The van der Waals surface area contributed by atoms with Crippen LogP contribution in [-0.4, -0.2) is 25.7 Å². The summed E-state index contributed by atoms with van der Waals surface area (Å²) in [6.07, 6.45) is 2.29. The fourth-order valence-corrected chi connectivity index (χ4v) is 4.82. The van der Waals surface area contributed by atoms with Crippen molar-refractivity contribution in [2.45, 2.75) is 32.2 Å². The van der Waals surface area contributed by atoms with E-state index in [9.17, 15) is 9.90 Å². The van der Waals surface area contributed by atoms with Gasteiger partial charge >= 0.3 is 0 Å². The van der Waals surface area contributed by atoms with Crippen LogP contribution in [0.5, 0.6) is 5.75 Å². The van der Waals surface area contributed by atoms with E-state index in [0.717, 1.165) is 40.1 Å². The molecule has 3 aromatic rings. The zero-order valence-corrected chi connectivity index (χ0v) is 15.6. The molecule has 0 saturated heterocycles. The molecule has 1 atom stereocenters. The van der Waals surface area contributed by atoms with E-state index in [0.29, 0.717) is 18.2 Å². The molecule has 1 aliphatic carbocycles. The van der Waals surface area contributed by atoms with Crippen LogP contribution < -0.4 is 5.32 Å². The van der Waals surface area contributed by atoms with Gasteiger partial charge in [-0.05, 0) is 61.0 Å². The Hall–Kier alpha value is -2.93. The molecular weight excluding hydrogens is 360 g/mol. The van der Waals surface area contributed by atoms with Gasteiger partial charge in [0.15, 0.2) is 11.6 Å². The summed E-state index contributed by atoms with van der Waals surface area (Å²) < 4.78 is 1.84. The predicted molar refractivity (Wildman–Crippen MR) is 104 cm³/mol.